The first-order chi connectivity index (χ1) is 21.2. The Morgan fingerprint density at radius 3 is 2.96 bits per heavy atom. The Morgan fingerprint density at radius 1 is 1.24 bits per heavy atom. The minimum Gasteiger partial charge on any atom is -0.493 e. The molecule has 4 heteroatoms. The zero-order valence-corrected chi connectivity index (χ0v) is 12.8. The van der Waals surface area contributed by atoms with Crippen LogP contribution in [0, 0.1) is 6.92 Å². The van der Waals surface area contributed by atoms with Crippen LogP contribution in [0.4, 0.5) is 0 Å². The van der Waals surface area contributed by atoms with Gasteiger partial charge in [-0.25, -0.2) is 0 Å². The Labute approximate surface area is 182 Å². The average Bonchev–Trinajstić information content (AvgIpc) is 2.91. The lowest BCUT2D eigenvalue weighted by Crippen LogP contribution is -2.17. The predicted molar refractivity (Wildman–Crippen MR) is 99.8 cm³/mol. The summed E-state index contributed by atoms with van der Waals surface area (Å²) in [5.41, 5.74) is -1.74. The van der Waals surface area contributed by atoms with Crippen LogP contribution in [-0.4, -0.2) is 33.3 Å². The molecule has 136 valence electrons. The lowest BCUT2D eigenvalue weighted by Gasteiger charge is -2.13. The van der Waals surface area contributed by atoms with E-state index in [2.05, 4.69) is 14.6 Å². The van der Waals surface area contributed by atoms with Crippen LogP contribution in [-0.2, 0) is 6.37 Å². The van der Waals surface area contributed by atoms with Gasteiger partial charge in [-0.05, 0) is 61.3 Å². The van der Waals surface area contributed by atoms with Crippen LogP contribution >= 0.6 is 0 Å². The highest BCUT2D eigenvalue weighted by atomic mass is 16.5. The maximum absolute atomic E-state index is 8.52. The fraction of sp³-hybridized carbons (Fsp3) is 0.429. The first-order valence-electron chi connectivity index (χ1n) is 18.0. The highest BCUT2D eigenvalue weighted by Gasteiger charge is 2.07. The molecule has 2 aromatic rings. The van der Waals surface area contributed by atoms with Gasteiger partial charge in [0.05, 0.1) is 42.1 Å². The van der Waals surface area contributed by atoms with Crippen LogP contribution in [0.15, 0.2) is 42.3 Å². The minimum absolute atomic E-state index is 0.278. The molecule has 1 unspecified atom stereocenters. The number of hydrogen-bond donors (Lipinski definition) is 1. The van der Waals surface area contributed by atoms with Crippen molar-refractivity contribution in [1.29, 1.82) is 1.43 Å². The van der Waals surface area contributed by atoms with Crippen LogP contribution in [0.25, 0.3) is 0 Å². The molecule has 0 aliphatic carbocycles. The first kappa shape index (κ1) is 4.95. The van der Waals surface area contributed by atoms with E-state index in [1.165, 1.54) is 0 Å². The molecule has 0 bridgehead atoms. The van der Waals surface area contributed by atoms with E-state index in [1.807, 2.05) is 0 Å². The monoisotopic (exact) mass is 367 g/mol. The maximum atomic E-state index is 8.52. The van der Waals surface area contributed by atoms with Crippen molar-refractivity contribution in [3.8, 4) is 17.2 Å². The molecule has 0 amide bonds. The van der Waals surface area contributed by atoms with E-state index in [9.17, 15) is 0 Å². The quantitative estimate of drug-likeness (QED) is 0.648. The second kappa shape index (κ2) is 9.94. The molecule has 0 saturated carbocycles. The Balaban J connectivity index is 2.75. The van der Waals surface area contributed by atoms with Crippen molar-refractivity contribution in [3.05, 3.63) is 53.4 Å². The number of rotatable bonds is 11. The van der Waals surface area contributed by atoms with E-state index < -0.39 is 117 Å². The molecule has 0 fully saturated rings. The van der Waals surface area contributed by atoms with Gasteiger partial charge in [-0.2, -0.15) is 0 Å². The summed E-state index contributed by atoms with van der Waals surface area (Å²) in [5, 5.41) is 4.06. The second-order valence-electron chi connectivity index (χ2n) is 4.26. The van der Waals surface area contributed by atoms with Gasteiger partial charge in [0.25, 0.3) is 0 Å². The number of hydrogen-bond acceptors (Lipinski definition) is 4. The topological polar surface area (TPSA) is 47.9 Å². The van der Waals surface area contributed by atoms with Crippen LogP contribution < -0.4 is 14.2 Å². The van der Waals surface area contributed by atoms with Gasteiger partial charge in [0.1, 0.15) is 12.3 Å². The Bertz CT molecular complexity index is 1520. The summed E-state index contributed by atoms with van der Waals surface area (Å²) in [4.78, 5) is 0. The van der Waals surface area contributed by atoms with Crippen LogP contribution in [0.5, 0.6) is 17.2 Å². The van der Waals surface area contributed by atoms with Gasteiger partial charge >= 0.3 is 0 Å². The van der Waals surface area contributed by atoms with E-state index in [0.717, 1.165) is 6.92 Å². The first-order valence-corrected chi connectivity index (χ1v) is 6.64. The molecule has 0 aliphatic heterocycles. The Kier molecular flexibility index (Phi) is 1.97. The molecule has 0 heterocycles. The van der Waals surface area contributed by atoms with E-state index in [-0.39, 0.29) is 5.56 Å². The zero-order chi connectivity index (χ0) is 38.0. The van der Waals surface area contributed by atoms with E-state index in [0.29, 0.717) is 0 Å². The van der Waals surface area contributed by atoms with Crippen molar-refractivity contribution >= 4 is 0 Å². The van der Waals surface area contributed by atoms with Crippen molar-refractivity contribution in [1.82, 2.24) is 0 Å². The fourth-order valence-corrected chi connectivity index (χ4v) is 1.44. The van der Waals surface area contributed by atoms with Crippen LogP contribution in [0.2, 0.25) is 0 Å². The molecule has 0 radical (unpaired) electrons. The van der Waals surface area contributed by atoms with Crippen LogP contribution in [0.1, 0.15) is 60.5 Å². The molecule has 1 atom stereocenters. The molecular formula is C21H28O4. The minimum atomic E-state index is -4.00. The molecule has 2 aromatic carbocycles. The molecule has 1 N–H and O–H groups in total. The van der Waals surface area contributed by atoms with Gasteiger partial charge in [-0.15, -0.1) is 0 Å². The van der Waals surface area contributed by atoms with Crippen molar-refractivity contribution in [2.45, 2.75) is 38.5 Å². The number of ether oxygens (including phenoxy) is 3. The van der Waals surface area contributed by atoms with E-state index in [1.54, 1.807) is 0 Å². The van der Waals surface area contributed by atoms with Gasteiger partial charge in [0, 0.05) is 8.22 Å². The predicted octanol–water partition coefficient (Wildman–Crippen LogP) is 4.16. The third-order valence-electron chi connectivity index (χ3n) is 2.47. The maximum Gasteiger partial charge on any atom is 0.211 e. The molecular weight excluding hydrogens is 316 g/mol. The molecule has 0 saturated heterocycles. The van der Waals surface area contributed by atoms with Crippen molar-refractivity contribution in [2.75, 3.05) is 20.6 Å². The SMILES string of the molecule is [2H]OC([2H])(C([2H])([2H])CC([2H])([2H])C([2H])([2H])c1c([2H])c([2H])c(OC([2H])([2H])[2H])c(OC([2H])([2H])[2H])c1[2H])C([2H])([2H])Oc1c([2H])c([2H])c([2H])c(C)c1[2H]. The lowest BCUT2D eigenvalue weighted by molar-refractivity contribution is 0.0976. The van der Waals surface area contributed by atoms with Crippen molar-refractivity contribution in [2.24, 2.45) is 0 Å². The average molecular weight is 368 g/mol. The normalized spacial score (nSPS) is 29.7. The Morgan fingerprint density at radius 2 is 2.12 bits per heavy atom. The third kappa shape index (κ3) is 6.31. The lowest BCUT2D eigenvalue weighted by atomic mass is 10.0. The van der Waals surface area contributed by atoms with Gasteiger partial charge < -0.3 is 19.3 Å². The summed E-state index contributed by atoms with van der Waals surface area (Å²) in [6, 6.07) is -7.55. The number of benzene rings is 2. The second-order valence-corrected chi connectivity index (χ2v) is 4.26. The fourth-order valence-electron chi connectivity index (χ4n) is 1.44. The Hall–Kier alpha value is -2.20. The van der Waals surface area contributed by atoms with Gasteiger partial charge in [0.2, 0.25) is 1.43 Å². The molecule has 4 nitrogen and oxygen atoms in total. The summed E-state index contributed by atoms with van der Waals surface area (Å²) in [7, 11) is -6.90. The number of aliphatic hydroxyl groups is 1. The smallest absolute Gasteiger partial charge is 0.211 e. The summed E-state index contributed by atoms with van der Waals surface area (Å²) in [6.07, 6.45) is -17.4. The molecule has 0 spiro atoms. The highest BCUT2D eigenvalue weighted by Crippen LogP contribution is 2.28. The van der Waals surface area contributed by atoms with Crippen LogP contribution in [0.3, 0.4) is 0 Å². The molecule has 25 heavy (non-hydrogen) atoms. The van der Waals surface area contributed by atoms with Gasteiger partial charge in [-0.1, -0.05) is 24.5 Å². The summed E-state index contributed by atoms with van der Waals surface area (Å²) in [6.45, 7) is -2.78. The molecule has 0 aliphatic rings. The number of methoxy groups -OCH3 is 2. The van der Waals surface area contributed by atoms with Crippen molar-refractivity contribution < 1.29 is 49.5 Å². The summed E-state index contributed by atoms with van der Waals surface area (Å²) >= 11 is 0. The van der Waals surface area contributed by atoms with Gasteiger partial charge in [-0.3, -0.25) is 0 Å². The molecule has 2 rings (SSSR count). The molecule has 0 aromatic heterocycles. The third-order valence-corrected chi connectivity index (χ3v) is 2.47. The summed E-state index contributed by atoms with van der Waals surface area (Å²) in [5.74, 6) is -3.77. The summed E-state index contributed by atoms with van der Waals surface area (Å²) < 4.78 is 197. The van der Waals surface area contributed by atoms with E-state index in [4.69, 9.17) is 36.3 Å². The van der Waals surface area contributed by atoms with Crippen molar-refractivity contribution in [3.63, 3.8) is 0 Å². The largest absolute Gasteiger partial charge is 0.493 e. The zero-order valence-electron chi connectivity index (χ0n) is 35.8. The highest BCUT2D eigenvalue weighted by molar-refractivity contribution is 5.42. The van der Waals surface area contributed by atoms with E-state index >= 15 is 0 Å². The standard InChI is InChI=1S/C21H28O4/c1-16-7-6-10-19(13-16)25-15-18(22)9-5-4-8-17-11-12-20(23-2)21(14-17)24-3/h6-7,10-14,18,22H,4-5,8-9,15H2,1-3H3/i2D3,3D3,4D2,6D,7D,8D2,9D2,10D,11D,12D,13D,14D,15D2,18D,22D. The van der Waals surface area contributed by atoms with Gasteiger partial charge in [0.15, 0.2) is 11.5 Å².